The lowest BCUT2D eigenvalue weighted by Crippen LogP contribution is -2.30. The third-order valence-corrected chi connectivity index (χ3v) is 3.19. The second-order valence-corrected chi connectivity index (χ2v) is 6.18. The smallest absolute Gasteiger partial charge is 0.0489 e. The first kappa shape index (κ1) is 16.9. The Morgan fingerprint density at radius 3 is 2.00 bits per heavy atom. The standard InChI is InChI=1S/C15H33NO/c1-12(2)11-17-9-7-8-16-10-15(13(3)4)14(5)6/h12-16H,7-11H2,1-6H3. The van der Waals surface area contributed by atoms with E-state index in [2.05, 4.69) is 46.9 Å². The van der Waals surface area contributed by atoms with Gasteiger partial charge in [-0.25, -0.2) is 0 Å². The van der Waals surface area contributed by atoms with Crippen LogP contribution < -0.4 is 5.32 Å². The second kappa shape index (κ2) is 9.90. The van der Waals surface area contributed by atoms with Crippen LogP contribution in [-0.4, -0.2) is 26.3 Å². The maximum Gasteiger partial charge on any atom is 0.0489 e. The first-order valence-electron chi connectivity index (χ1n) is 7.23. The van der Waals surface area contributed by atoms with Crippen molar-refractivity contribution in [3.63, 3.8) is 0 Å². The van der Waals surface area contributed by atoms with E-state index in [1.807, 2.05) is 0 Å². The number of ether oxygens (including phenoxy) is 1. The summed E-state index contributed by atoms with van der Waals surface area (Å²) < 4.78 is 5.56. The highest BCUT2D eigenvalue weighted by Crippen LogP contribution is 2.19. The van der Waals surface area contributed by atoms with E-state index in [4.69, 9.17) is 4.74 Å². The fourth-order valence-electron chi connectivity index (χ4n) is 2.13. The third-order valence-electron chi connectivity index (χ3n) is 3.19. The van der Waals surface area contributed by atoms with E-state index in [9.17, 15) is 0 Å². The van der Waals surface area contributed by atoms with E-state index in [0.29, 0.717) is 5.92 Å². The molecule has 0 aliphatic rings. The maximum absolute atomic E-state index is 5.56. The summed E-state index contributed by atoms with van der Waals surface area (Å²) in [6, 6.07) is 0. The third kappa shape index (κ3) is 9.61. The Kier molecular flexibility index (Phi) is 9.85. The summed E-state index contributed by atoms with van der Waals surface area (Å²) >= 11 is 0. The fourth-order valence-corrected chi connectivity index (χ4v) is 2.13. The van der Waals surface area contributed by atoms with Gasteiger partial charge in [-0.2, -0.15) is 0 Å². The van der Waals surface area contributed by atoms with Gasteiger partial charge in [0.05, 0.1) is 0 Å². The number of hydrogen-bond donors (Lipinski definition) is 1. The average molecular weight is 243 g/mol. The second-order valence-electron chi connectivity index (χ2n) is 6.18. The Morgan fingerprint density at radius 1 is 0.941 bits per heavy atom. The van der Waals surface area contributed by atoms with Gasteiger partial charge in [0, 0.05) is 13.2 Å². The lowest BCUT2D eigenvalue weighted by atomic mass is 9.85. The Morgan fingerprint density at radius 2 is 1.53 bits per heavy atom. The van der Waals surface area contributed by atoms with E-state index < -0.39 is 0 Å². The molecule has 104 valence electrons. The predicted molar refractivity (Wildman–Crippen MR) is 76.3 cm³/mol. The minimum atomic E-state index is 0.647. The van der Waals surface area contributed by atoms with Gasteiger partial charge in [-0.05, 0) is 43.2 Å². The molecule has 0 aromatic heterocycles. The largest absolute Gasteiger partial charge is 0.381 e. The van der Waals surface area contributed by atoms with Crippen molar-refractivity contribution in [2.75, 3.05) is 26.3 Å². The molecular weight excluding hydrogens is 210 g/mol. The van der Waals surface area contributed by atoms with E-state index in [1.54, 1.807) is 0 Å². The molecule has 0 amide bonds. The van der Waals surface area contributed by atoms with E-state index in [-0.39, 0.29) is 0 Å². The van der Waals surface area contributed by atoms with Crippen LogP contribution in [-0.2, 0) is 4.74 Å². The van der Waals surface area contributed by atoms with Crippen molar-refractivity contribution in [3.05, 3.63) is 0 Å². The van der Waals surface area contributed by atoms with Crippen LogP contribution >= 0.6 is 0 Å². The van der Waals surface area contributed by atoms with Gasteiger partial charge in [0.15, 0.2) is 0 Å². The molecule has 0 rings (SSSR count). The monoisotopic (exact) mass is 243 g/mol. The lowest BCUT2D eigenvalue weighted by molar-refractivity contribution is 0.107. The molecule has 0 heterocycles. The average Bonchev–Trinajstić information content (AvgIpc) is 2.20. The van der Waals surface area contributed by atoms with Gasteiger partial charge in [0.25, 0.3) is 0 Å². The molecule has 1 N–H and O–H groups in total. The molecule has 0 aromatic rings. The van der Waals surface area contributed by atoms with Crippen molar-refractivity contribution in [1.29, 1.82) is 0 Å². The summed E-state index contributed by atoms with van der Waals surface area (Å²) in [6.07, 6.45) is 1.12. The Labute approximate surface area is 109 Å². The van der Waals surface area contributed by atoms with Crippen LogP contribution in [0.3, 0.4) is 0 Å². The maximum atomic E-state index is 5.56. The molecule has 0 aromatic carbocycles. The molecule has 0 radical (unpaired) electrons. The van der Waals surface area contributed by atoms with Crippen LogP contribution in [0, 0.1) is 23.7 Å². The molecule has 0 fully saturated rings. The van der Waals surface area contributed by atoms with Crippen LogP contribution in [0.1, 0.15) is 48.0 Å². The highest BCUT2D eigenvalue weighted by atomic mass is 16.5. The molecule has 0 saturated carbocycles. The summed E-state index contributed by atoms with van der Waals surface area (Å²) in [7, 11) is 0. The lowest BCUT2D eigenvalue weighted by Gasteiger charge is -2.25. The van der Waals surface area contributed by atoms with Gasteiger partial charge in [0.2, 0.25) is 0 Å². The van der Waals surface area contributed by atoms with Gasteiger partial charge in [-0.1, -0.05) is 41.5 Å². The SMILES string of the molecule is CC(C)COCCCNCC(C(C)C)C(C)C. The van der Waals surface area contributed by atoms with Gasteiger partial charge >= 0.3 is 0 Å². The molecule has 0 atom stereocenters. The number of hydrogen-bond acceptors (Lipinski definition) is 2. The van der Waals surface area contributed by atoms with Crippen LogP contribution in [0.25, 0.3) is 0 Å². The number of nitrogens with one attached hydrogen (secondary N) is 1. The van der Waals surface area contributed by atoms with Crippen LogP contribution in [0.2, 0.25) is 0 Å². The first-order chi connectivity index (χ1) is 7.95. The zero-order valence-corrected chi connectivity index (χ0v) is 12.8. The summed E-state index contributed by atoms with van der Waals surface area (Å²) in [6.45, 7) is 17.6. The Bertz CT molecular complexity index is 158. The molecule has 2 nitrogen and oxygen atoms in total. The van der Waals surface area contributed by atoms with Crippen molar-refractivity contribution in [3.8, 4) is 0 Å². The summed E-state index contributed by atoms with van der Waals surface area (Å²) in [5, 5.41) is 3.56. The molecule has 0 unspecified atom stereocenters. The molecule has 0 saturated heterocycles. The quantitative estimate of drug-likeness (QED) is 0.592. The summed E-state index contributed by atoms with van der Waals surface area (Å²) in [4.78, 5) is 0. The topological polar surface area (TPSA) is 21.3 Å². The van der Waals surface area contributed by atoms with Crippen LogP contribution in [0.15, 0.2) is 0 Å². The van der Waals surface area contributed by atoms with Gasteiger partial charge in [-0.15, -0.1) is 0 Å². The van der Waals surface area contributed by atoms with E-state index in [0.717, 1.165) is 50.5 Å². The minimum Gasteiger partial charge on any atom is -0.381 e. The molecule has 0 bridgehead atoms. The Balaban J connectivity index is 3.43. The van der Waals surface area contributed by atoms with Crippen molar-refractivity contribution >= 4 is 0 Å². The highest BCUT2D eigenvalue weighted by molar-refractivity contribution is 4.69. The van der Waals surface area contributed by atoms with Crippen molar-refractivity contribution in [1.82, 2.24) is 5.32 Å². The number of rotatable bonds is 10. The predicted octanol–water partition coefficient (Wildman–Crippen LogP) is 3.57. The molecule has 17 heavy (non-hydrogen) atoms. The van der Waals surface area contributed by atoms with Crippen LogP contribution in [0.4, 0.5) is 0 Å². The zero-order valence-electron chi connectivity index (χ0n) is 12.8. The minimum absolute atomic E-state index is 0.647. The van der Waals surface area contributed by atoms with E-state index in [1.165, 1.54) is 0 Å². The van der Waals surface area contributed by atoms with Gasteiger partial charge in [-0.3, -0.25) is 0 Å². The van der Waals surface area contributed by atoms with E-state index >= 15 is 0 Å². The molecule has 0 aliphatic carbocycles. The molecule has 0 aliphatic heterocycles. The first-order valence-corrected chi connectivity index (χ1v) is 7.23. The van der Waals surface area contributed by atoms with Crippen molar-refractivity contribution in [2.24, 2.45) is 23.7 Å². The Hall–Kier alpha value is -0.0800. The van der Waals surface area contributed by atoms with Crippen molar-refractivity contribution < 1.29 is 4.74 Å². The summed E-state index contributed by atoms with van der Waals surface area (Å²) in [5.74, 6) is 2.96. The summed E-state index contributed by atoms with van der Waals surface area (Å²) in [5.41, 5.74) is 0. The molecule has 2 heteroatoms. The normalized spacial score (nSPS) is 12.4. The highest BCUT2D eigenvalue weighted by Gasteiger charge is 2.16. The van der Waals surface area contributed by atoms with Crippen LogP contribution in [0.5, 0.6) is 0 Å². The fraction of sp³-hybridized carbons (Fsp3) is 1.00. The molecule has 0 spiro atoms. The van der Waals surface area contributed by atoms with Gasteiger partial charge < -0.3 is 10.1 Å². The molecular formula is C15H33NO. The van der Waals surface area contributed by atoms with Crippen molar-refractivity contribution in [2.45, 2.75) is 48.0 Å². The van der Waals surface area contributed by atoms with Gasteiger partial charge in [0.1, 0.15) is 0 Å². The zero-order chi connectivity index (χ0) is 13.3.